The molecule has 0 atom stereocenters. The van der Waals surface area contributed by atoms with Gasteiger partial charge in [0.25, 0.3) is 5.56 Å². The van der Waals surface area contributed by atoms with Crippen LogP contribution >= 0.6 is 22.9 Å². The van der Waals surface area contributed by atoms with Crippen molar-refractivity contribution in [2.45, 2.75) is 25.8 Å². The van der Waals surface area contributed by atoms with Crippen LogP contribution in [-0.2, 0) is 19.4 Å². The monoisotopic (exact) mass is 367 g/mol. The number of para-hydroxylation sites is 1. The van der Waals surface area contributed by atoms with Gasteiger partial charge in [-0.1, -0.05) is 29.8 Å². The molecule has 1 aromatic carbocycles. The Morgan fingerprint density at radius 3 is 3.04 bits per heavy atom. The molecular weight excluding hydrogens is 354 g/mol. The Kier molecular flexibility index (Phi) is 3.40. The maximum Gasteiger partial charge on any atom is 0.262 e. The third-order valence-corrected chi connectivity index (χ3v) is 6.31. The molecule has 3 aromatic heterocycles. The van der Waals surface area contributed by atoms with E-state index in [9.17, 15) is 4.79 Å². The minimum Gasteiger partial charge on any atom is -0.294 e. The third kappa shape index (κ3) is 2.38. The maximum absolute atomic E-state index is 13.0. The highest BCUT2D eigenvalue weighted by atomic mass is 35.5. The van der Waals surface area contributed by atoms with E-state index >= 15 is 0 Å². The largest absolute Gasteiger partial charge is 0.294 e. The summed E-state index contributed by atoms with van der Waals surface area (Å²) in [4.78, 5) is 24.1. The molecule has 6 heteroatoms. The highest BCUT2D eigenvalue weighted by molar-refractivity contribution is 7.18. The zero-order valence-corrected chi connectivity index (χ0v) is 14.9. The highest BCUT2D eigenvalue weighted by Crippen LogP contribution is 2.34. The van der Waals surface area contributed by atoms with Gasteiger partial charge >= 0.3 is 0 Å². The lowest BCUT2D eigenvalue weighted by Crippen LogP contribution is -2.21. The summed E-state index contributed by atoms with van der Waals surface area (Å²) < 4.78 is 1.64. The second kappa shape index (κ2) is 5.64. The number of hydrogen-bond acceptors (Lipinski definition) is 4. The average Bonchev–Trinajstić information content (AvgIpc) is 3.18. The van der Waals surface area contributed by atoms with Gasteiger partial charge in [0.2, 0.25) is 0 Å². The van der Waals surface area contributed by atoms with Crippen LogP contribution in [0.1, 0.15) is 22.4 Å². The Labute approximate surface area is 152 Å². The van der Waals surface area contributed by atoms with E-state index in [4.69, 9.17) is 11.6 Å². The average molecular weight is 368 g/mol. The number of halogens is 1. The normalized spacial score (nSPS) is 13.6. The number of thiophene rings is 1. The topological polar surface area (TPSA) is 47.8 Å². The van der Waals surface area contributed by atoms with Crippen LogP contribution < -0.4 is 5.56 Å². The van der Waals surface area contributed by atoms with Crippen LogP contribution in [0.3, 0.4) is 0 Å². The van der Waals surface area contributed by atoms with E-state index in [0.29, 0.717) is 11.7 Å². The van der Waals surface area contributed by atoms with Gasteiger partial charge < -0.3 is 0 Å². The second-order valence-electron chi connectivity index (χ2n) is 6.35. The summed E-state index contributed by atoms with van der Waals surface area (Å²) in [6.07, 6.45) is 4.80. The minimum atomic E-state index is 0.0219. The van der Waals surface area contributed by atoms with Crippen LogP contribution in [0, 0.1) is 0 Å². The quantitative estimate of drug-likeness (QED) is 0.499. The number of rotatable bonds is 2. The van der Waals surface area contributed by atoms with Crippen LogP contribution in [-0.4, -0.2) is 14.5 Å². The summed E-state index contributed by atoms with van der Waals surface area (Å²) in [5.41, 5.74) is 2.91. The van der Waals surface area contributed by atoms with E-state index in [1.165, 1.54) is 10.4 Å². The first kappa shape index (κ1) is 15.0. The number of benzene rings is 1. The fourth-order valence-corrected chi connectivity index (χ4v) is 4.99. The van der Waals surface area contributed by atoms with Gasteiger partial charge in [0.1, 0.15) is 9.98 Å². The van der Waals surface area contributed by atoms with Gasteiger partial charge in [-0.15, -0.1) is 11.3 Å². The lowest BCUT2D eigenvalue weighted by atomic mass is 10.1. The predicted octanol–water partition coefficient (Wildman–Crippen LogP) is 4.20. The summed E-state index contributed by atoms with van der Waals surface area (Å²) in [6, 6.07) is 9.83. The van der Waals surface area contributed by atoms with Gasteiger partial charge in [0, 0.05) is 15.8 Å². The smallest absolute Gasteiger partial charge is 0.262 e. The fourth-order valence-electron chi connectivity index (χ4n) is 3.56. The molecule has 4 nitrogen and oxygen atoms in total. The molecule has 1 aliphatic rings. The molecule has 0 aliphatic heterocycles. The molecule has 4 aromatic rings. The van der Waals surface area contributed by atoms with Crippen LogP contribution in [0.4, 0.5) is 0 Å². The Morgan fingerprint density at radius 2 is 2.12 bits per heavy atom. The van der Waals surface area contributed by atoms with Gasteiger partial charge in [-0.2, -0.15) is 0 Å². The molecule has 3 heterocycles. The van der Waals surface area contributed by atoms with Crippen LogP contribution in [0.5, 0.6) is 0 Å². The lowest BCUT2D eigenvalue weighted by molar-refractivity contribution is 0.747. The molecule has 0 bridgehead atoms. The van der Waals surface area contributed by atoms with E-state index in [2.05, 4.69) is 9.97 Å². The Balaban J connectivity index is 1.64. The molecule has 5 rings (SSSR count). The minimum absolute atomic E-state index is 0.0219. The molecule has 1 aliphatic carbocycles. The van der Waals surface area contributed by atoms with Crippen molar-refractivity contribution >= 4 is 44.1 Å². The molecule has 0 saturated carbocycles. The van der Waals surface area contributed by atoms with Crippen LogP contribution in [0.15, 0.2) is 41.5 Å². The van der Waals surface area contributed by atoms with E-state index in [0.717, 1.165) is 45.9 Å². The van der Waals surface area contributed by atoms with Crippen molar-refractivity contribution in [3.05, 3.63) is 68.2 Å². The van der Waals surface area contributed by atoms with Gasteiger partial charge in [-0.3, -0.25) is 9.36 Å². The second-order valence-corrected chi connectivity index (χ2v) is 7.79. The van der Waals surface area contributed by atoms with Gasteiger partial charge in [0.15, 0.2) is 0 Å². The molecule has 0 amide bonds. The number of nitrogens with zero attached hydrogens (tertiary/aromatic N) is 3. The van der Waals surface area contributed by atoms with Crippen LogP contribution in [0.25, 0.3) is 21.1 Å². The lowest BCUT2D eigenvalue weighted by Gasteiger charge is -2.09. The summed E-state index contributed by atoms with van der Waals surface area (Å²) in [6.45, 7) is 0.378. The van der Waals surface area contributed by atoms with Crippen molar-refractivity contribution in [1.82, 2.24) is 14.5 Å². The first-order valence-corrected chi connectivity index (χ1v) is 9.44. The molecule has 0 fully saturated rings. The summed E-state index contributed by atoms with van der Waals surface area (Å²) in [5, 5.41) is 2.24. The van der Waals surface area contributed by atoms with E-state index < -0.39 is 0 Å². The number of hydrogen-bond donors (Lipinski definition) is 0. The van der Waals surface area contributed by atoms with Crippen molar-refractivity contribution in [1.29, 1.82) is 0 Å². The van der Waals surface area contributed by atoms with E-state index in [-0.39, 0.29) is 5.56 Å². The molecule has 0 spiro atoms. The predicted molar refractivity (Wildman–Crippen MR) is 102 cm³/mol. The first-order chi connectivity index (χ1) is 12.2. The number of aromatic nitrogens is 3. The SMILES string of the molecule is O=c1c2c3c(sc2ncn1Cc1cc2ccccc2nc1Cl)CCC3. The van der Waals surface area contributed by atoms with Crippen LogP contribution in [0.2, 0.25) is 5.15 Å². The standard InChI is InChI=1S/C19H14ClN3OS/c20-17-12(8-11-4-1-2-6-14(11)22-17)9-23-10-21-18-16(19(23)24)13-5-3-7-15(13)25-18/h1-2,4,6,8,10H,3,5,7,9H2. The molecule has 0 radical (unpaired) electrons. The van der Waals surface area contributed by atoms with Gasteiger partial charge in [-0.05, 0) is 37.0 Å². The first-order valence-electron chi connectivity index (χ1n) is 8.24. The van der Waals surface area contributed by atoms with Crippen molar-refractivity contribution in [3.63, 3.8) is 0 Å². The zero-order valence-electron chi connectivity index (χ0n) is 13.3. The molecule has 0 N–H and O–H groups in total. The van der Waals surface area contributed by atoms with Crippen molar-refractivity contribution in [3.8, 4) is 0 Å². The number of aryl methyl sites for hydroxylation is 2. The fraction of sp³-hybridized carbons (Fsp3) is 0.211. The number of fused-ring (bicyclic) bond motifs is 4. The van der Waals surface area contributed by atoms with Crippen molar-refractivity contribution < 1.29 is 0 Å². The molecule has 0 saturated heterocycles. The van der Waals surface area contributed by atoms with Gasteiger partial charge in [-0.25, -0.2) is 9.97 Å². The molecule has 25 heavy (non-hydrogen) atoms. The molecule has 0 unspecified atom stereocenters. The summed E-state index contributed by atoms with van der Waals surface area (Å²) in [7, 11) is 0. The van der Waals surface area contributed by atoms with Crippen molar-refractivity contribution in [2.75, 3.05) is 0 Å². The van der Waals surface area contributed by atoms with E-state index in [1.807, 2.05) is 30.3 Å². The van der Waals surface area contributed by atoms with Gasteiger partial charge in [0.05, 0.1) is 23.8 Å². The summed E-state index contributed by atoms with van der Waals surface area (Å²) in [5.74, 6) is 0. The zero-order chi connectivity index (χ0) is 17.0. The van der Waals surface area contributed by atoms with E-state index in [1.54, 1.807) is 22.2 Å². The molecule has 124 valence electrons. The van der Waals surface area contributed by atoms with Crippen molar-refractivity contribution in [2.24, 2.45) is 0 Å². The summed E-state index contributed by atoms with van der Waals surface area (Å²) >= 11 is 8.01. The maximum atomic E-state index is 13.0. The Hall–Kier alpha value is -2.24. The number of pyridine rings is 1. The Bertz CT molecular complexity index is 1190. The third-order valence-electron chi connectivity index (χ3n) is 4.78. The Morgan fingerprint density at radius 1 is 1.24 bits per heavy atom. The molecular formula is C19H14ClN3OS. The highest BCUT2D eigenvalue weighted by Gasteiger charge is 2.21.